The summed E-state index contributed by atoms with van der Waals surface area (Å²) in [6, 6.07) is 3.59. The standard InChI is InChI=1S/C15H11BrF2N4O2S/c1-2-25(24)22-13-10(17)4-3-8(11(13)18)14(23)12-9-5-7(16)6-19-15(9)21-20-12/h3-6,22H,2H2,1H3,(H,19,20,21). The number of aromatic nitrogens is 3. The highest BCUT2D eigenvalue weighted by Gasteiger charge is 2.23. The van der Waals surface area contributed by atoms with Crippen LogP contribution in [0.2, 0.25) is 0 Å². The molecule has 2 N–H and O–H groups in total. The zero-order chi connectivity index (χ0) is 18.1. The molecule has 0 radical (unpaired) electrons. The zero-order valence-corrected chi connectivity index (χ0v) is 15.2. The van der Waals surface area contributed by atoms with Gasteiger partial charge in [-0.15, -0.1) is 0 Å². The lowest BCUT2D eigenvalue weighted by Crippen LogP contribution is -2.13. The van der Waals surface area contributed by atoms with E-state index in [2.05, 4.69) is 35.8 Å². The van der Waals surface area contributed by atoms with Crippen molar-refractivity contribution >= 4 is 49.4 Å². The predicted octanol–water partition coefficient (Wildman–Crippen LogP) is 3.33. The molecule has 10 heteroatoms. The van der Waals surface area contributed by atoms with Gasteiger partial charge in [0.05, 0.1) is 10.9 Å². The Labute approximate surface area is 151 Å². The van der Waals surface area contributed by atoms with Gasteiger partial charge in [-0.25, -0.2) is 18.0 Å². The van der Waals surface area contributed by atoms with Gasteiger partial charge in [0, 0.05) is 16.4 Å². The largest absolute Gasteiger partial charge is 0.300 e. The van der Waals surface area contributed by atoms with Crippen molar-refractivity contribution in [1.82, 2.24) is 15.2 Å². The summed E-state index contributed by atoms with van der Waals surface area (Å²) in [5, 5.41) is 6.83. The second-order valence-corrected chi connectivity index (χ2v) is 7.36. The lowest BCUT2D eigenvalue weighted by Gasteiger charge is -2.10. The van der Waals surface area contributed by atoms with Gasteiger partial charge in [-0.3, -0.25) is 14.6 Å². The highest BCUT2D eigenvalue weighted by atomic mass is 79.9. The molecule has 1 aromatic carbocycles. The number of nitrogens with zero attached hydrogens (tertiary/aromatic N) is 2. The number of fused-ring (bicyclic) bond motifs is 1. The maximum Gasteiger partial charge on any atom is 0.214 e. The number of aromatic amines is 1. The molecular formula is C15H11BrF2N4O2S. The van der Waals surface area contributed by atoms with Crippen molar-refractivity contribution in [2.75, 3.05) is 10.5 Å². The fourth-order valence-corrected chi connectivity index (χ4v) is 3.08. The van der Waals surface area contributed by atoms with E-state index < -0.39 is 34.1 Å². The first-order chi connectivity index (χ1) is 11.9. The SMILES string of the molecule is CCS(=O)Nc1c(F)ccc(C(=O)c2[nH]nc3ncc(Br)cc23)c1F. The molecule has 0 amide bonds. The minimum Gasteiger partial charge on any atom is -0.300 e. The van der Waals surface area contributed by atoms with Crippen molar-refractivity contribution in [3.05, 3.63) is 51.8 Å². The summed E-state index contributed by atoms with van der Waals surface area (Å²) in [5.74, 6) is -2.61. The molecule has 1 unspecified atom stereocenters. The van der Waals surface area contributed by atoms with Gasteiger partial charge in [-0.2, -0.15) is 5.10 Å². The number of nitrogens with one attached hydrogen (secondary N) is 2. The summed E-state index contributed by atoms with van der Waals surface area (Å²) < 4.78 is 42.9. The smallest absolute Gasteiger partial charge is 0.214 e. The number of hydrogen-bond acceptors (Lipinski definition) is 4. The summed E-state index contributed by atoms with van der Waals surface area (Å²) in [4.78, 5) is 16.7. The van der Waals surface area contributed by atoms with E-state index in [0.717, 1.165) is 12.1 Å². The van der Waals surface area contributed by atoms with Crippen LogP contribution in [-0.2, 0) is 11.0 Å². The van der Waals surface area contributed by atoms with E-state index in [0.29, 0.717) is 15.5 Å². The minimum atomic E-state index is -1.66. The topological polar surface area (TPSA) is 87.7 Å². The van der Waals surface area contributed by atoms with E-state index in [9.17, 15) is 17.8 Å². The quantitative estimate of drug-likeness (QED) is 0.610. The van der Waals surface area contributed by atoms with Crippen LogP contribution in [0.25, 0.3) is 11.0 Å². The normalized spacial score (nSPS) is 12.3. The van der Waals surface area contributed by atoms with Crippen LogP contribution < -0.4 is 4.72 Å². The third-order valence-electron chi connectivity index (χ3n) is 3.42. The molecule has 0 aliphatic rings. The van der Waals surface area contributed by atoms with Crippen molar-refractivity contribution in [2.24, 2.45) is 0 Å². The number of rotatable bonds is 5. The molecule has 0 fully saturated rings. The Bertz CT molecular complexity index is 1010. The van der Waals surface area contributed by atoms with Gasteiger partial charge in [-0.05, 0) is 34.1 Å². The van der Waals surface area contributed by atoms with Gasteiger partial charge in [-0.1, -0.05) is 6.92 Å². The molecule has 130 valence electrons. The Hall–Kier alpha value is -2.20. The highest BCUT2D eigenvalue weighted by Crippen LogP contribution is 2.27. The van der Waals surface area contributed by atoms with E-state index in [1.807, 2.05) is 0 Å². The molecule has 3 aromatic rings. The number of carbonyl (C=O) groups excluding carboxylic acids is 1. The molecule has 2 heterocycles. The number of H-pyrrole nitrogens is 1. The van der Waals surface area contributed by atoms with Crippen LogP contribution in [0.5, 0.6) is 0 Å². The maximum absolute atomic E-state index is 14.6. The van der Waals surface area contributed by atoms with Crippen LogP contribution in [0.4, 0.5) is 14.5 Å². The molecule has 0 aliphatic carbocycles. The molecule has 2 aromatic heterocycles. The molecule has 3 rings (SSSR count). The van der Waals surface area contributed by atoms with Crippen LogP contribution >= 0.6 is 15.9 Å². The third-order valence-corrected chi connectivity index (χ3v) is 4.81. The van der Waals surface area contributed by atoms with E-state index >= 15 is 0 Å². The number of ketones is 1. The molecule has 0 spiro atoms. The predicted molar refractivity (Wildman–Crippen MR) is 93.7 cm³/mol. The molecule has 0 saturated carbocycles. The van der Waals surface area contributed by atoms with Gasteiger partial charge < -0.3 is 0 Å². The van der Waals surface area contributed by atoms with Crippen LogP contribution in [0.3, 0.4) is 0 Å². The average Bonchev–Trinajstić information content (AvgIpc) is 3.00. The van der Waals surface area contributed by atoms with Crippen molar-refractivity contribution in [3.63, 3.8) is 0 Å². The van der Waals surface area contributed by atoms with E-state index in [1.165, 1.54) is 6.20 Å². The maximum atomic E-state index is 14.6. The second kappa shape index (κ2) is 6.96. The molecule has 0 aliphatic heterocycles. The Morgan fingerprint density at radius 2 is 2.16 bits per heavy atom. The Kier molecular flexibility index (Phi) is 4.91. The van der Waals surface area contributed by atoms with Gasteiger partial charge in [0.1, 0.15) is 28.2 Å². The van der Waals surface area contributed by atoms with E-state index in [-0.39, 0.29) is 17.0 Å². The second-order valence-electron chi connectivity index (χ2n) is 4.97. The number of hydrogen-bond donors (Lipinski definition) is 2. The fourth-order valence-electron chi connectivity index (χ4n) is 2.19. The summed E-state index contributed by atoms with van der Waals surface area (Å²) in [5.41, 5.74) is -0.659. The van der Waals surface area contributed by atoms with E-state index in [1.54, 1.807) is 13.0 Å². The molecule has 25 heavy (non-hydrogen) atoms. The van der Waals surface area contributed by atoms with Gasteiger partial charge >= 0.3 is 0 Å². The molecular weight excluding hydrogens is 418 g/mol. The highest BCUT2D eigenvalue weighted by molar-refractivity contribution is 9.10. The summed E-state index contributed by atoms with van der Waals surface area (Å²) in [6.45, 7) is 1.59. The Morgan fingerprint density at radius 1 is 1.40 bits per heavy atom. The van der Waals surface area contributed by atoms with Gasteiger partial charge in [0.2, 0.25) is 5.78 Å². The average molecular weight is 429 g/mol. The first-order valence-electron chi connectivity index (χ1n) is 7.09. The lowest BCUT2D eigenvalue weighted by molar-refractivity contribution is 0.103. The van der Waals surface area contributed by atoms with Crippen molar-refractivity contribution in [3.8, 4) is 0 Å². The first kappa shape index (κ1) is 17.6. The van der Waals surface area contributed by atoms with Crippen LogP contribution in [0, 0.1) is 11.6 Å². The number of anilines is 1. The van der Waals surface area contributed by atoms with Gasteiger partial charge in [0.15, 0.2) is 11.5 Å². The molecule has 0 bridgehead atoms. The fraction of sp³-hybridized carbons (Fsp3) is 0.133. The van der Waals surface area contributed by atoms with Crippen LogP contribution in [0.1, 0.15) is 23.0 Å². The monoisotopic (exact) mass is 428 g/mol. The third kappa shape index (κ3) is 3.31. The molecule has 1 atom stereocenters. The van der Waals surface area contributed by atoms with Crippen molar-refractivity contribution < 1.29 is 17.8 Å². The number of halogens is 3. The number of pyridine rings is 1. The Balaban J connectivity index is 2.09. The van der Waals surface area contributed by atoms with Gasteiger partial charge in [0.25, 0.3) is 0 Å². The number of carbonyl (C=O) groups is 1. The van der Waals surface area contributed by atoms with Crippen molar-refractivity contribution in [2.45, 2.75) is 6.92 Å². The Morgan fingerprint density at radius 3 is 2.88 bits per heavy atom. The number of benzene rings is 1. The summed E-state index contributed by atoms with van der Waals surface area (Å²) in [7, 11) is -1.66. The zero-order valence-electron chi connectivity index (χ0n) is 12.8. The lowest BCUT2D eigenvalue weighted by atomic mass is 10.0. The minimum absolute atomic E-state index is 0.0249. The summed E-state index contributed by atoms with van der Waals surface area (Å²) in [6.07, 6.45) is 1.51. The summed E-state index contributed by atoms with van der Waals surface area (Å²) >= 11 is 3.24. The first-order valence-corrected chi connectivity index (χ1v) is 9.21. The van der Waals surface area contributed by atoms with E-state index in [4.69, 9.17) is 0 Å². The molecule has 0 saturated heterocycles. The van der Waals surface area contributed by atoms with Crippen LogP contribution in [0.15, 0.2) is 28.9 Å². The molecule has 6 nitrogen and oxygen atoms in total. The van der Waals surface area contributed by atoms with Crippen molar-refractivity contribution in [1.29, 1.82) is 0 Å². The van der Waals surface area contributed by atoms with Crippen LogP contribution in [-0.4, -0.2) is 30.9 Å².